The standard InChI is InChI=1S/C14H15NO2S/c1-9-3-4-11(7-13(9)16)14(17)15-10(2)12-5-6-18-8-12/h3-8,10,16H,1-2H3,(H,15,17). The highest BCUT2D eigenvalue weighted by atomic mass is 32.1. The third kappa shape index (κ3) is 2.71. The second-order valence-electron chi connectivity index (χ2n) is 4.25. The number of carbonyl (C=O) groups excluding carboxylic acids is 1. The number of hydrogen-bond acceptors (Lipinski definition) is 3. The molecule has 0 aliphatic carbocycles. The zero-order valence-corrected chi connectivity index (χ0v) is 11.1. The lowest BCUT2D eigenvalue weighted by molar-refractivity contribution is 0.0939. The molecule has 1 heterocycles. The van der Waals surface area contributed by atoms with Crippen LogP contribution in [0.25, 0.3) is 0 Å². The van der Waals surface area contributed by atoms with Crippen LogP contribution in [0.1, 0.15) is 34.5 Å². The van der Waals surface area contributed by atoms with Crippen molar-refractivity contribution >= 4 is 17.2 Å². The molecule has 0 aliphatic heterocycles. The maximum absolute atomic E-state index is 12.0. The third-order valence-corrected chi connectivity index (χ3v) is 3.56. The highest BCUT2D eigenvalue weighted by molar-refractivity contribution is 7.07. The Kier molecular flexibility index (Phi) is 3.67. The molecule has 94 valence electrons. The molecule has 0 fully saturated rings. The van der Waals surface area contributed by atoms with Crippen molar-refractivity contribution in [2.45, 2.75) is 19.9 Å². The van der Waals surface area contributed by atoms with Gasteiger partial charge in [-0.25, -0.2) is 0 Å². The summed E-state index contributed by atoms with van der Waals surface area (Å²) >= 11 is 1.60. The Morgan fingerprint density at radius 1 is 1.39 bits per heavy atom. The first kappa shape index (κ1) is 12.6. The highest BCUT2D eigenvalue weighted by Gasteiger charge is 2.12. The molecule has 2 N–H and O–H groups in total. The molecule has 1 atom stereocenters. The fraction of sp³-hybridized carbons (Fsp3) is 0.214. The number of carbonyl (C=O) groups is 1. The van der Waals surface area contributed by atoms with Crippen molar-refractivity contribution in [2.75, 3.05) is 0 Å². The normalized spacial score (nSPS) is 12.1. The first-order valence-corrected chi connectivity index (χ1v) is 6.65. The van der Waals surface area contributed by atoms with E-state index in [1.54, 1.807) is 30.4 Å². The molecule has 3 nitrogen and oxygen atoms in total. The van der Waals surface area contributed by atoms with Gasteiger partial charge in [-0.1, -0.05) is 6.07 Å². The highest BCUT2D eigenvalue weighted by Crippen LogP contribution is 2.19. The molecular formula is C14H15NO2S. The van der Waals surface area contributed by atoms with Crippen LogP contribution in [-0.2, 0) is 0 Å². The molecule has 18 heavy (non-hydrogen) atoms. The first-order valence-electron chi connectivity index (χ1n) is 5.70. The molecule has 0 saturated carbocycles. The molecule has 2 rings (SSSR count). The second-order valence-corrected chi connectivity index (χ2v) is 5.03. The van der Waals surface area contributed by atoms with E-state index in [0.29, 0.717) is 5.56 Å². The summed E-state index contributed by atoms with van der Waals surface area (Å²) in [5, 5.41) is 16.5. The lowest BCUT2D eigenvalue weighted by Crippen LogP contribution is -2.26. The predicted molar refractivity (Wildman–Crippen MR) is 73.0 cm³/mol. The SMILES string of the molecule is Cc1ccc(C(=O)NC(C)c2ccsc2)cc1O. The van der Waals surface area contributed by atoms with Gasteiger partial charge < -0.3 is 10.4 Å². The maximum Gasteiger partial charge on any atom is 0.251 e. The lowest BCUT2D eigenvalue weighted by atomic mass is 10.1. The minimum absolute atomic E-state index is 0.0350. The van der Waals surface area contributed by atoms with Crippen LogP contribution in [-0.4, -0.2) is 11.0 Å². The van der Waals surface area contributed by atoms with E-state index in [2.05, 4.69) is 5.32 Å². The molecule has 4 heteroatoms. The fourth-order valence-corrected chi connectivity index (χ4v) is 2.39. The lowest BCUT2D eigenvalue weighted by Gasteiger charge is -2.13. The van der Waals surface area contributed by atoms with Crippen LogP contribution in [0.2, 0.25) is 0 Å². The topological polar surface area (TPSA) is 49.3 Å². The number of rotatable bonds is 3. The number of phenolic OH excluding ortho intramolecular Hbond substituents is 1. The molecule has 0 bridgehead atoms. The van der Waals surface area contributed by atoms with Gasteiger partial charge in [0.05, 0.1) is 6.04 Å². The van der Waals surface area contributed by atoms with Gasteiger partial charge in [0.1, 0.15) is 5.75 Å². The summed E-state index contributed by atoms with van der Waals surface area (Å²) in [6, 6.07) is 6.89. The number of amides is 1. The van der Waals surface area contributed by atoms with Crippen LogP contribution in [0.15, 0.2) is 35.0 Å². The molecule has 0 spiro atoms. The van der Waals surface area contributed by atoms with Crippen LogP contribution in [0, 0.1) is 6.92 Å². The minimum atomic E-state index is -0.177. The summed E-state index contributed by atoms with van der Waals surface area (Å²) in [5.74, 6) is -0.0326. The van der Waals surface area contributed by atoms with Crippen LogP contribution in [0.5, 0.6) is 5.75 Å². The van der Waals surface area contributed by atoms with E-state index in [1.165, 1.54) is 6.07 Å². The Morgan fingerprint density at radius 2 is 2.17 bits per heavy atom. The molecule has 1 amide bonds. The Hall–Kier alpha value is -1.81. The number of phenols is 1. The number of hydrogen-bond donors (Lipinski definition) is 2. The zero-order valence-electron chi connectivity index (χ0n) is 10.3. The van der Waals surface area contributed by atoms with Crippen molar-refractivity contribution in [3.63, 3.8) is 0 Å². The van der Waals surface area contributed by atoms with Crippen LogP contribution >= 0.6 is 11.3 Å². The predicted octanol–water partition coefficient (Wildman–Crippen LogP) is 3.25. The van der Waals surface area contributed by atoms with Crippen LogP contribution in [0.4, 0.5) is 0 Å². The zero-order chi connectivity index (χ0) is 13.1. The number of aromatic hydroxyl groups is 1. The fourth-order valence-electron chi connectivity index (χ4n) is 1.64. The molecule has 1 unspecified atom stereocenters. The van der Waals surface area contributed by atoms with Crippen LogP contribution < -0.4 is 5.32 Å². The molecule has 0 radical (unpaired) electrons. The van der Waals surface area contributed by atoms with Gasteiger partial charge in [-0.15, -0.1) is 0 Å². The van der Waals surface area contributed by atoms with Gasteiger partial charge >= 0.3 is 0 Å². The van der Waals surface area contributed by atoms with Gasteiger partial charge in [0.25, 0.3) is 5.91 Å². The monoisotopic (exact) mass is 261 g/mol. The molecule has 2 aromatic rings. The van der Waals surface area contributed by atoms with Gasteiger partial charge in [-0.2, -0.15) is 11.3 Å². The molecular weight excluding hydrogens is 246 g/mol. The van der Waals surface area contributed by atoms with Crippen molar-refractivity contribution in [3.05, 3.63) is 51.7 Å². The number of aryl methyl sites for hydroxylation is 1. The number of thiophene rings is 1. The molecule has 0 aliphatic rings. The average molecular weight is 261 g/mol. The summed E-state index contributed by atoms with van der Waals surface area (Å²) in [4.78, 5) is 12.0. The van der Waals surface area contributed by atoms with Crippen molar-refractivity contribution in [1.29, 1.82) is 0 Å². The van der Waals surface area contributed by atoms with Crippen molar-refractivity contribution in [1.82, 2.24) is 5.32 Å². The van der Waals surface area contributed by atoms with E-state index in [-0.39, 0.29) is 17.7 Å². The Morgan fingerprint density at radius 3 is 2.78 bits per heavy atom. The summed E-state index contributed by atoms with van der Waals surface area (Å²) in [5.41, 5.74) is 2.32. The van der Waals surface area contributed by atoms with E-state index in [1.807, 2.05) is 23.8 Å². The summed E-state index contributed by atoms with van der Waals surface area (Å²) in [6.07, 6.45) is 0. The van der Waals surface area contributed by atoms with Gasteiger partial charge in [0.15, 0.2) is 0 Å². The Bertz CT molecular complexity index is 549. The maximum atomic E-state index is 12.0. The summed E-state index contributed by atoms with van der Waals surface area (Å²) in [7, 11) is 0. The van der Waals surface area contributed by atoms with E-state index < -0.39 is 0 Å². The summed E-state index contributed by atoms with van der Waals surface area (Å²) in [6.45, 7) is 3.74. The summed E-state index contributed by atoms with van der Waals surface area (Å²) < 4.78 is 0. The van der Waals surface area contributed by atoms with Crippen molar-refractivity contribution in [3.8, 4) is 5.75 Å². The first-order chi connectivity index (χ1) is 8.58. The van der Waals surface area contributed by atoms with Crippen molar-refractivity contribution in [2.24, 2.45) is 0 Å². The van der Waals surface area contributed by atoms with Crippen molar-refractivity contribution < 1.29 is 9.90 Å². The third-order valence-electron chi connectivity index (χ3n) is 2.86. The van der Waals surface area contributed by atoms with Crippen LogP contribution in [0.3, 0.4) is 0 Å². The van der Waals surface area contributed by atoms with E-state index in [0.717, 1.165) is 11.1 Å². The molecule has 1 aromatic heterocycles. The Balaban J connectivity index is 2.10. The average Bonchev–Trinajstić information content (AvgIpc) is 2.86. The van der Waals surface area contributed by atoms with Gasteiger partial charge in [-0.3, -0.25) is 4.79 Å². The smallest absolute Gasteiger partial charge is 0.251 e. The van der Waals surface area contributed by atoms with Gasteiger partial charge in [0, 0.05) is 5.56 Å². The van der Waals surface area contributed by atoms with Gasteiger partial charge in [0.2, 0.25) is 0 Å². The van der Waals surface area contributed by atoms with E-state index >= 15 is 0 Å². The van der Waals surface area contributed by atoms with E-state index in [4.69, 9.17) is 0 Å². The quantitative estimate of drug-likeness (QED) is 0.891. The second kappa shape index (κ2) is 5.23. The number of benzene rings is 1. The van der Waals surface area contributed by atoms with E-state index in [9.17, 15) is 9.90 Å². The minimum Gasteiger partial charge on any atom is -0.508 e. The molecule has 0 saturated heterocycles. The largest absolute Gasteiger partial charge is 0.508 e. The number of nitrogens with one attached hydrogen (secondary N) is 1. The molecule has 1 aromatic carbocycles. The van der Waals surface area contributed by atoms with Gasteiger partial charge in [-0.05, 0) is 53.9 Å². The Labute approximate surface area is 110 Å².